The summed E-state index contributed by atoms with van der Waals surface area (Å²) in [7, 11) is 0. The van der Waals surface area contributed by atoms with E-state index in [1.807, 2.05) is 38.1 Å². The van der Waals surface area contributed by atoms with Crippen LogP contribution >= 0.6 is 0 Å². The number of hydrogen-bond acceptors (Lipinski definition) is 4. The van der Waals surface area contributed by atoms with Gasteiger partial charge < -0.3 is 20.5 Å². The van der Waals surface area contributed by atoms with Gasteiger partial charge in [-0.1, -0.05) is 69.3 Å². The predicted molar refractivity (Wildman–Crippen MR) is 126 cm³/mol. The quantitative estimate of drug-likeness (QED) is 0.530. The van der Waals surface area contributed by atoms with Crippen molar-refractivity contribution in [1.29, 1.82) is 0 Å². The number of carbonyl (C=O) groups excluding carboxylic acids is 2. The molecule has 3 unspecified atom stereocenters. The third-order valence-electron chi connectivity index (χ3n) is 6.38. The predicted octanol–water partition coefficient (Wildman–Crippen LogP) is 4.17. The van der Waals surface area contributed by atoms with Gasteiger partial charge in [0.25, 0.3) is 0 Å². The number of carbonyl (C=O) groups is 3. The Hall–Kier alpha value is -3.35. The molecule has 0 aliphatic heterocycles. The Bertz CT molecular complexity index is 974. The second-order valence-electron chi connectivity index (χ2n) is 9.00. The number of nitrogens with one attached hydrogen (secondary N) is 2. The highest BCUT2D eigenvalue weighted by molar-refractivity contribution is 5.81. The molecule has 176 valence electrons. The van der Waals surface area contributed by atoms with Crippen LogP contribution in [-0.4, -0.2) is 41.8 Å². The lowest BCUT2D eigenvalue weighted by Gasteiger charge is -2.26. The van der Waals surface area contributed by atoms with Crippen molar-refractivity contribution in [2.75, 3.05) is 6.61 Å². The van der Waals surface area contributed by atoms with Crippen LogP contribution in [0, 0.1) is 11.8 Å². The summed E-state index contributed by atoms with van der Waals surface area (Å²) in [6.07, 6.45) is -0.736. The normalized spacial score (nSPS) is 15.2. The molecule has 3 atom stereocenters. The molecule has 3 N–H and O–H groups in total. The Morgan fingerprint density at radius 1 is 0.909 bits per heavy atom. The number of fused-ring (bicyclic) bond motifs is 3. The molecule has 2 amide bonds. The summed E-state index contributed by atoms with van der Waals surface area (Å²) in [6.45, 7) is 7.34. The Labute approximate surface area is 194 Å². The lowest BCUT2D eigenvalue weighted by molar-refractivity contribution is -0.138. The molecule has 7 heteroatoms. The molecule has 0 aromatic heterocycles. The SMILES string of the molecule is CC(C)C(CC(=O)O)NC(=O)C(C)C(C)NC(=O)OCC1c2ccccc2-c2ccccc21. The van der Waals surface area contributed by atoms with Crippen molar-refractivity contribution >= 4 is 18.0 Å². The second kappa shape index (κ2) is 10.5. The molecule has 0 saturated carbocycles. The van der Waals surface area contributed by atoms with Gasteiger partial charge in [-0.25, -0.2) is 4.79 Å². The molecule has 3 rings (SSSR count). The standard InChI is InChI=1S/C26H32N2O5/c1-15(2)23(13-24(29)30)28-25(31)16(3)17(4)27-26(32)33-14-22-20-11-7-5-9-18(20)19-10-6-8-12-21(19)22/h5-12,15-17,22-23H,13-14H2,1-4H3,(H,27,32)(H,28,31)(H,29,30). The van der Waals surface area contributed by atoms with Gasteiger partial charge in [-0.05, 0) is 35.1 Å². The van der Waals surface area contributed by atoms with Crippen LogP contribution in [0.25, 0.3) is 11.1 Å². The van der Waals surface area contributed by atoms with Gasteiger partial charge in [-0.2, -0.15) is 0 Å². The molecule has 2 aromatic rings. The monoisotopic (exact) mass is 452 g/mol. The maximum Gasteiger partial charge on any atom is 0.407 e. The number of aliphatic carboxylic acids is 1. The largest absolute Gasteiger partial charge is 0.481 e. The molecule has 1 aliphatic carbocycles. The molecule has 7 nitrogen and oxygen atoms in total. The van der Waals surface area contributed by atoms with Crippen molar-refractivity contribution in [3.05, 3.63) is 59.7 Å². The molecule has 0 saturated heterocycles. The lowest BCUT2D eigenvalue weighted by atomic mass is 9.97. The van der Waals surface area contributed by atoms with Crippen LogP contribution in [0.15, 0.2) is 48.5 Å². The van der Waals surface area contributed by atoms with Crippen molar-refractivity contribution in [2.24, 2.45) is 11.8 Å². The van der Waals surface area contributed by atoms with E-state index < -0.39 is 30.1 Å². The molecule has 1 aliphatic rings. The highest BCUT2D eigenvalue weighted by Crippen LogP contribution is 2.44. The van der Waals surface area contributed by atoms with Crippen LogP contribution in [0.3, 0.4) is 0 Å². The zero-order valence-electron chi connectivity index (χ0n) is 19.5. The van der Waals surface area contributed by atoms with Gasteiger partial charge in [0.15, 0.2) is 0 Å². The Morgan fingerprint density at radius 3 is 1.97 bits per heavy atom. The van der Waals surface area contributed by atoms with E-state index in [1.54, 1.807) is 13.8 Å². The summed E-state index contributed by atoms with van der Waals surface area (Å²) >= 11 is 0. The minimum absolute atomic E-state index is 0.0253. The molecular weight excluding hydrogens is 420 g/mol. The summed E-state index contributed by atoms with van der Waals surface area (Å²) in [4.78, 5) is 36.2. The van der Waals surface area contributed by atoms with E-state index >= 15 is 0 Å². The molecule has 0 heterocycles. The minimum atomic E-state index is -0.966. The molecule has 0 radical (unpaired) electrons. The average molecular weight is 453 g/mol. The summed E-state index contributed by atoms with van der Waals surface area (Å²) in [6, 6.07) is 15.3. The van der Waals surface area contributed by atoms with E-state index in [0.29, 0.717) is 0 Å². The number of rotatable bonds is 9. The summed E-state index contributed by atoms with van der Waals surface area (Å²) < 4.78 is 5.55. The molecular formula is C26H32N2O5. The third-order valence-corrected chi connectivity index (χ3v) is 6.38. The first-order valence-corrected chi connectivity index (χ1v) is 11.3. The van der Waals surface area contributed by atoms with Crippen LogP contribution in [0.4, 0.5) is 4.79 Å². The fourth-order valence-electron chi connectivity index (χ4n) is 4.13. The molecule has 33 heavy (non-hydrogen) atoms. The van der Waals surface area contributed by atoms with Crippen molar-refractivity contribution in [3.63, 3.8) is 0 Å². The first kappa shape index (κ1) is 24.3. The zero-order valence-corrected chi connectivity index (χ0v) is 19.5. The first-order chi connectivity index (χ1) is 15.7. The average Bonchev–Trinajstić information content (AvgIpc) is 3.10. The van der Waals surface area contributed by atoms with E-state index in [2.05, 4.69) is 34.9 Å². The Balaban J connectivity index is 1.56. The fraction of sp³-hybridized carbons (Fsp3) is 0.423. The van der Waals surface area contributed by atoms with Gasteiger partial charge in [-0.15, -0.1) is 0 Å². The number of amides is 2. The topological polar surface area (TPSA) is 105 Å². The maximum atomic E-state index is 12.6. The lowest BCUT2D eigenvalue weighted by Crippen LogP contribution is -2.48. The van der Waals surface area contributed by atoms with E-state index in [9.17, 15) is 14.4 Å². The molecule has 0 bridgehead atoms. The van der Waals surface area contributed by atoms with Crippen LogP contribution in [-0.2, 0) is 14.3 Å². The number of hydrogen-bond donors (Lipinski definition) is 3. The van der Waals surface area contributed by atoms with Gasteiger partial charge in [0.05, 0.1) is 12.3 Å². The van der Waals surface area contributed by atoms with Crippen LogP contribution in [0.2, 0.25) is 0 Å². The summed E-state index contributed by atoms with van der Waals surface area (Å²) in [5, 5.41) is 14.6. The Morgan fingerprint density at radius 2 is 1.45 bits per heavy atom. The van der Waals surface area contributed by atoms with Crippen LogP contribution < -0.4 is 10.6 Å². The van der Waals surface area contributed by atoms with E-state index in [0.717, 1.165) is 22.3 Å². The molecule has 0 fully saturated rings. The van der Waals surface area contributed by atoms with Gasteiger partial charge >= 0.3 is 12.1 Å². The number of carboxylic acids is 1. The number of carboxylic acid groups (broad SMARTS) is 1. The van der Waals surface area contributed by atoms with Gasteiger partial charge in [0, 0.05) is 18.0 Å². The van der Waals surface area contributed by atoms with Crippen molar-refractivity contribution in [1.82, 2.24) is 10.6 Å². The first-order valence-electron chi connectivity index (χ1n) is 11.3. The highest BCUT2D eigenvalue weighted by Gasteiger charge is 2.30. The van der Waals surface area contributed by atoms with Gasteiger partial charge in [-0.3, -0.25) is 9.59 Å². The number of alkyl carbamates (subject to hydrolysis) is 1. The summed E-state index contributed by atoms with van der Waals surface area (Å²) in [5.74, 6) is -1.89. The van der Waals surface area contributed by atoms with E-state index in [4.69, 9.17) is 9.84 Å². The molecule has 0 spiro atoms. The van der Waals surface area contributed by atoms with Crippen LogP contribution in [0.1, 0.15) is 51.2 Å². The van der Waals surface area contributed by atoms with Crippen molar-refractivity contribution in [3.8, 4) is 11.1 Å². The summed E-state index contributed by atoms with van der Waals surface area (Å²) in [5.41, 5.74) is 4.57. The van der Waals surface area contributed by atoms with Gasteiger partial charge in [0.1, 0.15) is 6.61 Å². The van der Waals surface area contributed by atoms with E-state index in [1.165, 1.54) is 0 Å². The van der Waals surface area contributed by atoms with Crippen molar-refractivity contribution in [2.45, 2.75) is 52.1 Å². The number of ether oxygens (including phenoxy) is 1. The highest BCUT2D eigenvalue weighted by atomic mass is 16.5. The number of benzene rings is 2. The zero-order chi connectivity index (χ0) is 24.1. The Kier molecular flexibility index (Phi) is 7.74. The fourth-order valence-corrected chi connectivity index (χ4v) is 4.13. The van der Waals surface area contributed by atoms with Crippen LogP contribution in [0.5, 0.6) is 0 Å². The minimum Gasteiger partial charge on any atom is -0.481 e. The van der Waals surface area contributed by atoms with Gasteiger partial charge in [0.2, 0.25) is 5.91 Å². The third kappa shape index (κ3) is 5.72. The smallest absolute Gasteiger partial charge is 0.407 e. The second-order valence-corrected chi connectivity index (χ2v) is 9.00. The van der Waals surface area contributed by atoms with Crippen molar-refractivity contribution < 1.29 is 24.2 Å². The van der Waals surface area contributed by atoms with E-state index in [-0.39, 0.29) is 30.8 Å². The molecule has 2 aromatic carbocycles. The maximum absolute atomic E-state index is 12.6.